The van der Waals surface area contributed by atoms with Crippen LogP contribution in [0, 0.1) is 5.92 Å². The van der Waals surface area contributed by atoms with Crippen molar-refractivity contribution in [2.24, 2.45) is 11.7 Å². The molecular formula is C16H20N2O3. The summed E-state index contributed by atoms with van der Waals surface area (Å²) < 4.78 is 0. The number of nitrogens with zero attached hydrogens (tertiary/aromatic N) is 1. The maximum Gasteiger partial charge on any atom is 0.308 e. The largest absolute Gasteiger partial charge is 0.481 e. The van der Waals surface area contributed by atoms with Crippen LogP contribution in [0.2, 0.25) is 0 Å². The molecule has 2 saturated heterocycles. The van der Waals surface area contributed by atoms with Gasteiger partial charge < -0.3 is 15.7 Å². The van der Waals surface area contributed by atoms with Crippen molar-refractivity contribution in [2.75, 3.05) is 0 Å². The maximum absolute atomic E-state index is 12.6. The highest BCUT2D eigenvalue weighted by molar-refractivity contribution is 5.85. The molecule has 1 aromatic rings. The zero-order chi connectivity index (χ0) is 15.0. The number of fused-ring (bicyclic) bond motifs is 2. The Balaban J connectivity index is 1.69. The molecule has 2 bridgehead atoms. The van der Waals surface area contributed by atoms with Crippen molar-refractivity contribution in [3.05, 3.63) is 35.9 Å². The molecule has 2 aliphatic rings. The molecule has 5 nitrogen and oxygen atoms in total. The van der Waals surface area contributed by atoms with Crippen LogP contribution in [0.4, 0.5) is 0 Å². The number of carboxylic acids is 1. The third kappa shape index (κ3) is 2.53. The van der Waals surface area contributed by atoms with Gasteiger partial charge in [0.15, 0.2) is 0 Å². The SMILES string of the molecule is N[C@H](Cc1ccccc1)C(=O)N1C2CCC1C(C(=O)O)C2. The molecule has 0 saturated carbocycles. The van der Waals surface area contributed by atoms with Crippen LogP contribution >= 0.6 is 0 Å². The number of benzene rings is 1. The molecule has 112 valence electrons. The van der Waals surface area contributed by atoms with Gasteiger partial charge in [-0.1, -0.05) is 30.3 Å². The number of rotatable bonds is 4. The molecule has 5 heteroatoms. The van der Waals surface area contributed by atoms with E-state index in [2.05, 4.69) is 0 Å². The van der Waals surface area contributed by atoms with Crippen molar-refractivity contribution >= 4 is 11.9 Å². The molecule has 0 aliphatic carbocycles. The molecule has 3 rings (SSSR count). The number of hydrogen-bond donors (Lipinski definition) is 2. The van der Waals surface area contributed by atoms with E-state index < -0.39 is 17.9 Å². The summed E-state index contributed by atoms with van der Waals surface area (Å²) in [7, 11) is 0. The molecule has 21 heavy (non-hydrogen) atoms. The van der Waals surface area contributed by atoms with Gasteiger partial charge in [0.25, 0.3) is 0 Å². The number of carbonyl (C=O) groups is 2. The van der Waals surface area contributed by atoms with Crippen molar-refractivity contribution in [3.8, 4) is 0 Å². The molecule has 3 unspecified atom stereocenters. The molecule has 2 heterocycles. The van der Waals surface area contributed by atoms with Gasteiger partial charge in [-0.3, -0.25) is 9.59 Å². The predicted octanol–water partition coefficient (Wildman–Crippen LogP) is 1.02. The van der Waals surface area contributed by atoms with Crippen LogP contribution in [-0.2, 0) is 16.0 Å². The third-order valence-electron chi connectivity index (χ3n) is 4.72. The number of aliphatic carboxylic acids is 1. The summed E-state index contributed by atoms with van der Waals surface area (Å²) in [5.41, 5.74) is 7.09. The number of amides is 1. The van der Waals surface area contributed by atoms with E-state index in [1.807, 2.05) is 30.3 Å². The minimum atomic E-state index is -0.795. The highest BCUT2D eigenvalue weighted by atomic mass is 16.4. The summed E-state index contributed by atoms with van der Waals surface area (Å²) in [5.74, 6) is -1.32. The van der Waals surface area contributed by atoms with Crippen LogP contribution < -0.4 is 5.73 Å². The fourth-order valence-electron chi connectivity index (χ4n) is 3.74. The fourth-order valence-corrected chi connectivity index (χ4v) is 3.74. The van der Waals surface area contributed by atoms with E-state index in [9.17, 15) is 14.7 Å². The van der Waals surface area contributed by atoms with Crippen LogP contribution in [0.25, 0.3) is 0 Å². The molecular weight excluding hydrogens is 268 g/mol. The average molecular weight is 288 g/mol. The molecule has 0 spiro atoms. The van der Waals surface area contributed by atoms with Gasteiger partial charge in [0, 0.05) is 12.1 Å². The van der Waals surface area contributed by atoms with E-state index in [0.717, 1.165) is 18.4 Å². The number of carbonyl (C=O) groups excluding carboxylic acids is 1. The van der Waals surface area contributed by atoms with Gasteiger partial charge in [-0.05, 0) is 31.2 Å². The smallest absolute Gasteiger partial charge is 0.308 e. The molecule has 2 aliphatic heterocycles. The second kappa shape index (κ2) is 5.48. The second-order valence-electron chi connectivity index (χ2n) is 6.02. The molecule has 4 atom stereocenters. The summed E-state index contributed by atoms with van der Waals surface area (Å²) in [6.45, 7) is 0. The lowest BCUT2D eigenvalue weighted by Gasteiger charge is -2.26. The summed E-state index contributed by atoms with van der Waals surface area (Å²) in [5, 5.41) is 9.24. The average Bonchev–Trinajstić information content (AvgIpc) is 3.05. The third-order valence-corrected chi connectivity index (χ3v) is 4.72. The number of hydrogen-bond acceptors (Lipinski definition) is 3. The van der Waals surface area contributed by atoms with Gasteiger partial charge in [0.1, 0.15) is 0 Å². The first-order valence-corrected chi connectivity index (χ1v) is 7.42. The standard InChI is InChI=1S/C16H20N2O3/c17-13(8-10-4-2-1-3-5-10)15(19)18-11-6-7-14(18)12(9-11)16(20)21/h1-5,11-14H,6-9,17H2,(H,20,21)/t11?,12?,13-,14?/m1/s1. The van der Waals surface area contributed by atoms with Crippen LogP contribution in [0.15, 0.2) is 30.3 Å². The van der Waals surface area contributed by atoms with Crippen molar-refractivity contribution in [2.45, 2.75) is 43.8 Å². The van der Waals surface area contributed by atoms with Crippen LogP contribution in [0.3, 0.4) is 0 Å². The predicted molar refractivity (Wildman–Crippen MR) is 77.5 cm³/mol. The topological polar surface area (TPSA) is 83.6 Å². The number of carboxylic acid groups (broad SMARTS) is 1. The Kier molecular flexibility index (Phi) is 3.68. The Bertz CT molecular complexity index is 546. The maximum atomic E-state index is 12.6. The lowest BCUT2D eigenvalue weighted by Crippen LogP contribution is -2.48. The highest BCUT2D eigenvalue weighted by Crippen LogP contribution is 2.42. The van der Waals surface area contributed by atoms with Gasteiger partial charge in [0.05, 0.1) is 12.0 Å². The van der Waals surface area contributed by atoms with Gasteiger partial charge in [0.2, 0.25) is 5.91 Å². The molecule has 1 aromatic carbocycles. The first-order valence-electron chi connectivity index (χ1n) is 7.42. The first kappa shape index (κ1) is 14.1. The van der Waals surface area contributed by atoms with Crippen molar-refractivity contribution in [1.82, 2.24) is 4.90 Å². The number of nitrogens with two attached hydrogens (primary N) is 1. The van der Waals surface area contributed by atoms with E-state index in [1.165, 1.54) is 0 Å². The second-order valence-corrected chi connectivity index (χ2v) is 6.02. The Labute approximate surface area is 123 Å². The Morgan fingerprint density at radius 1 is 1.29 bits per heavy atom. The highest BCUT2D eigenvalue weighted by Gasteiger charge is 2.51. The minimum Gasteiger partial charge on any atom is -0.481 e. The summed E-state index contributed by atoms with van der Waals surface area (Å²) in [6, 6.07) is 8.97. The first-order chi connectivity index (χ1) is 10.1. The molecule has 3 N–H and O–H groups in total. The Morgan fingerprint density at radius 3 is 2.62 bits per heavy atom. The summed E-state index contributed by atoms with van der Waals surface area (Å²) in [4.78, 5) is 25.6. The molecule has 1 amide bonds. The van der Waals surface area contributed by atoms with E-state index in [4.69, 9.17) is 5.73 Å². The van der Waals surface area contributed by atoms with Gasteiger partial charge >= 0.3 is 5.97 Å². The van der Waals surface area contributed by atoms with Crippen LogP contribution in [-0.4, -0.2) is 40.0 Å². The van der Waals surface area contributed by atoms with Crippen LogP contribution in [0.1, 0.15) is 24.8 Å². The Morgan fingerprint density at radius 2 is 2.00 bits per heavy atom. The van der Waals surface area contributed by atoms with E-state index in [1.54, 1.807) is 4.90 Å². The Hall–Kier alpha value is -1.88. The lowest BCUT2D eigenvalue weighted by molar-refractivity contribution is -0.143. The molecule has 2 fully saturated rings. The summed E-state index contributed by atoms with van der Waals surface area (Å²) in [6.07, 6.45) is 2.75. The van der Waals surface area contributed by atoms with Gasteiger partial charge in [-0.25, -0.2) is 0 Å². The monoisotopic (exact) mass is 288 g/mol. The molecule has 0 aromatic heterocycles. The molecule has 0 radical (unpaired) electrons. The zero-order valence-corrected chi connectivity index (χ0v) is 11.8. The summed E-state index contributed by atoms with van der Waals surface area (Å²) >= 11 is 0. The minimum absolute atomic E-state index is 0.0606. The van der Waals surface area contributed by atoms with E-state index >= 15 is 0 Å². The van der Waals surface area contributed by atoms with Crippen molar-refractivity contribution in [1.29, 1.82) is 0 Å². The van der Waals surface area contributed by atoms with Gasteiger partial charge in [-0.15, -0.1) is 0 Å². The van der Waals surface area contributed by atoms with E-state index in [-0.39, 0.29) is 18.0 Å². The van der Waals surface area contributed by atoms with Gasteiger partial charge in [-0.2, -0.15) is 0 Å². The lowest BCUT2D eigenvalue weighted by atomic mass is 9.89. The quantitative estimate of drug-likeness (QED) is 0.866. The normalized spacial score (nSPS) is 28.6. The fraction of sp³-hybridized carbons (Fsp3) is 0.500. The van der Waals surface area contributed by atoms with E-state index in [0.29, 0.717) is 12.8 Å². The zero-order valence-electron chi connectivity index (χ0n) is 11.8. The van der Waals surface area contributed by atoms with Crippen LogP contribution in [0.5, 0.6) is 0 Å². The van der Waals surface area contributed by atoms with Crippen molar-refractivity contribution in [3.63, 3.8) is 0 Å². The van der Waals surface area contributed by atoms with Crippen molar-refractivity contribution < 1.29 is 14.7 Å².